The fourth-order valence-corrected chi connectivity index (χ4v) is 4.36. The van der Waals surface area contributed by atoms with Crippen LogP contribution >= 0.6 is 11.6 Å². The van der Waals surface area contributed by atoms with Crippen LogP contribution in [-0.2, 0) is 13.1 Å². The fraction of sp³-hybridized carbons (Fsp3) is 0.474. The first kappa shape index (κ1) is 21.6. The van der Waals surface area contributed by atoms with Gasteiger partial charge in [0.15, 0.2) is 5.15 Å². The predicted octanol–water partition coefficient (Wildman–Crippen LogP) is 3.25. The van der Waals surface area contributed by atoms with Crippen LogP contribution in [0.15, 0.2) is 23.7 Å². The maximum atomic E-state index is 12.7. The molecule has 0 aromatic carbocycles. The van der Waals surface area contributed by atoms with Crippen molar-refractivity contribution < 1.29 is 13.2 Å². The van der Waals surface area contributed by atoms with Gasteiger partial charge in [-0.3, -0.25) is 9.58 Å². The van der Waals surface area contributed by atoms with Gasteiger partial charge in [-0.15, -0.1) is 0 Å². The number of halogens is 4. The van der Waals surface area contributed by atoms with Crippen LogP contribution in [-0.4, -0.2) is 54.6 Å². The monoisotopic (exact) mass is 454 g/mol. The van der Waals surface area contributed by atoms with Crippen molar-refractivity contribution in [2.75, 3.05) is 13.1 Å². The summed E-state index contributed by atoms with van der Waals surface area (Å²) in [5.74, 6) is 5.85. The van der Waals surface area contributed by atoms with Crippen LogP contribution in [0.2, 0.25) is 5.15 Å². The molecule has 1 saturated heterocycles. The Hall–Kier alpha value is -2.66. The number of nitrogens with two attached hydrogens (primary N) is 1. The highest BCUT2D eigenvalue weighted by atomic mass is 35.5. The van der Waals surface area contributed by atoms with Gasteiger partial charge in [-0.1, -0.05) is 11.6 Å². The summed E-state index contributed by atoms with van der Waals surface area (Å²) >= 11 is 6.15. The molecule has 4 rings (SSSR count). The molecule has 12 heteroatoms. The molecule has 1 aliphatic heterocycles. The molecule has 166 valence electrons. The van der Waals surface area contributed by atoms with Gasteiger partial charge in [0, 0.05) is 35.3 Å². The van der Waals surface area contributed by atoms with E-state index in [4.69, 9.17) is 17.4 Å². The molecule has 0 bridgehead atoms. The molecular weight excluding hydrogens is 433 g/mol. The lowest BCUT2D eigenvalue weighted by molar-refractivity contribution is -0.142. The summed E-state index contributed by atoms with van der Waals surface area (Å²) in [5, 5.41) is 8.89. The molecule has 3 aromatic heterocycles. The van der Waals surface area contributed by atoms with Crippen LogP contribution in [0.3, 0.4) is 0 Å². The lowest BCUT2D eigenvalue weighted by Gasteiger charge is -2.32. The summed E-state index contributed by atoms with van der Waals surface area (Å²) in [6, 6.07) is 1.90. The van der Waals surface area contributed by atoms with E-state index in [9.17, 15) is 13.2 Å². The van der Waals surface area contributed by atoms with E-state index in [0.717, 1.165) is 53.1 Å². The average Bonchev–Trinajstić information content (AvgIpc) is 3.29. The molecule has 4 heterocycles. The van der Waals surface area contributed by atoms with Crippen LogP contribution in [0, 0.1) is 12.8 Å². The Morgan fingerprint density at radius 1 is 1.32 bits per heavy atom. The summed E-state index contributed by atoms with van der Waals surface area (Å²) in [6.07, 6.45) is 0.515. The van der Waals surface area contributed by atoms with Gasteiger partial charge >= 0.3 is 6.18 Å². The minimum absolute atomic E-state index is 0.115. The Balaban J connectivity index is 1.44. The first-order chi connectivity index (χ1) is 14.8. The first-order valence-corrected chi connectivity index (χ1v) is 10.2. The molecule has 1 aliphatic rings. The Kier molecular flexibility index (Phi) is 5.89. The third-order valence-electron chi connectivity index (χ3n) is 5.70. The molecule has 0 saturated carbocycles. The third-order valence-corrected chi connectivity index (χ3v) is 6.01. The van der Waals surface area contributed by atoms with Crippen LogP contribution in [0.25, 0.3) is 11.0 Å². The number of aromatic nitrogens is 5. The minimum Gasteiger partial charge on any atom is -0.346 e. The van der Waals surface area contributed by atoms with Gasteiger partial charge < -0.3 is 10.8 Å². The third kappa shape index (κ3) is 4.52. The zero-order valence-electron chi connectivity index (χ0n) is 16.8. The second-order valence-electron chi connectivity index (χ2n) is 7.65. The fourth-order valence-electron chi connectivity index (χ4n) is 4.07. The molecule has 1 fully saturated rings. The molecule has 0 atom stereocenters. The molecule has 31 heavy (non-hydrogen) atoms. The molecule has 0 aliphatic carbocycles. The topological polar surface area (TPSA) is 101 Å². The molecule has 0 unspecified atom stereocenters. The van der Waals surface area contributed by atoms with Crippen molar-refractivity contribution >= 4 is 28.3 Å². The van der Waals surface area contributed by atoms with E-state index in [1.807, 2.05) is 6.07 Å². The van der Waals surface area contributed by atoms with Crippen LogP contribution in [0.5, 0.6) is 0 Å². The summed E-state index contributed by atoms with van der Waals surface area (Å²) in [7, 11) is 0. The lowest BCUT2D eigenvalue weighted by Crippen LogP contribution is -2.37. The number of hydrazone groups is 1. The lowest BCUT2D eigenvalue weighted by atomic mass is 9.89. The van der Waals surface area contributed by atoms with Crippen molar-refractivity contribution in [2.45, 2.75) is 39.0 Å². The number of alkyl halides is 3. The minimum atomic E-state index is -4.35. The van der Waals surface area contributed by atoms with E-state index in [0.29, 0.717) is 17.8 Å². The number of nitrogens with one attached hydrogen (secondary N) is 1. The van der Waals surface area contributed by atoms with Crippen LogP contribution < -0.4 is 5.84 Å². The van der Waals surface area contributed by atoms with Gasteiger partial charge in [0.05, 0.1) is 11.4 Å². The van der Waals surface area contributed by atoms with E-state index < -0.39 is 12.7 Å². The van der Waals surface area contributed by atoms with Gasteiger partial charge in [0.2, 0.25) is 0 Å². The Morgan fingerprint density at radius 3 is 2.74 bits per heavy atom. The number of aromatic amines is 1. The summed E-state index contributed by atoms with van der Waals surface area (Å²) < 4.78 is 39.1. The first-order valence-electron chi connectivity index (χ1n) is 9.84. The van der Waals surface area contributed by atoms with Crippen molar-refractivity contribution in [3.05, 3.63) is 40.7 Å². The standard InChI is InChI=1S/C19H22ClF3N8/c1-11-14(17(20)29-31(11)9-19(21,22)23)8-30-6-3-12(4-7-30)15(28-24)16-13-2-5-25-18(13)27-10-26-16/h2,5,10,12H,3-4,6-9,24H2,1H3,(H,25,26,27). The number of H-pyrrole nitrogens is 1. The Bertz CT molecular complexity index is 1100. The highest BCUT2D eigenvalue weighted by Gasteiger charge is 2.31. The maximum Gasteiger partial charge on any atom is 0.408 e. The van der Waals surface area contributed by atoms with E-state index >= 15 is 0 Å². The maximum absolute atomic E-state index is 12.7. The highest BCUT2D eigenvalue weighted by Crippen LogP contribution is 2.28. The second kappa shape index (κ2) is 8.46. The SMILES string of the molecule is Cc1c(CN2CCC(C(=NN)c3ncnc4[nH]ccc34)CC2)c(Cl)nn1CC(F)(F)F. The number of hydrogen-bond donors (Lipinski definition) is 2. The number of piperidine rings is 1. The van der Waals surface area contributed by atoms with Gasteiger partial charge in [0.25, 0.3) is 0 Å². The molecule has 3 N–H and O–H groups in total. The van der Waals surface area contributed by atoms with Gasteiger partial charge in [-0.05, 0) is 38.9 Å². The summed E-state index contributed by atoms with van der Waals surface area (Å²) in [6.45, 7) is 2.36. The molecule has 8 nitrogen and oxygen atoms in total. The number of nitrogens with zero attached hydrogens (tertiary/aromatic N) is 6. The number of likely N-dealkylation sites (tertiary alicyclic amines) is 1. The summed E-state index contributed by atoms with van der Waals surface area (Å²) in [4.78, 5) is 13.8. The van der Waals surface area contributed by atoms with Crippen molar-refractivity contribution in [2.24, 2.45) is 16.9 Å². The van der Waals surface area contributed by atoms with E-state index in [-0.39, 0.29) is 11.1 Å². The molecule has 0 amide bonds. The molecule has 0 spiro atoms. The van der Waals surface area contributed by atoms with E-state index in [2.05, 4.69) is 30.1 Å². The van der Waals surface area contributed by atoms with Gasteiger partial charge in [-0.2, -0.15) is 23.4 Å². The number of fused-ring (bicyclic) bond motifs is 1. The van der Waals surface area contributed by atoms with E-state index in [1.54, 1.807) is 13.1 Å². The quantitative estimate of drug-likeness (QED) is 0.350. The largest absolute Gasteiger partial charge is 0.408 e. The molecule has 0 radical (unpaired) electrons. The summed E-state index contributed by atoms with van der Waals surface area (Å²) in [5.41, 5.74) is 3.24. The average molecular weight is 455 g/mol. The van der Waals surface area contributed by atoms with Crippen molar-refractivity contribution in [1.82, 2.24) is 29.6 Å². The van der Waals surface area contributed by atoms with Crippen LogP contribution in [0.4, 0.5) is 13.2 Å². The Morgan fingerprint density at radius 2 is 2.06 bits per heavy atom. The molecular formula is C19H22ClF3N8. The van der Waals surface area contributed by atoms with Crippen molar-refractivity contribution in [1.29, 1.82) is 0 Å². The number of rotatable bonds is 5. The van der Waals surface area contributed by atoms with Crippen LogP contribution in [0.1, 0.15) is 29.8 Å². The van der Waals surface area contributed by atoms with E-state index in [1.165, 1.54) is 6.33 Å². The van der Waals surface area contributed by atoms with Gasteiger partial charge in [-0.25, -0.2) is 9.97 Å². The highest BCUT2D eigenvalue weighted by molar-refractivity contribution is 6.30. The molecule has 3 aromatic rings. The van der Waals surface area contributed by atoms with Crippen molar-refractivity contribution in [3.63, 3.8) is 0 Å². The van der Waals surface area contributed by atoms with Gasteiger partial charge in [0.1, 0.15) is 18.5 Å². The smallest absolute Gasteiger partial charge is 0.346 e. The predicted molar refractivity (Wildman–Crippen MR) is 111 cm³/mol. The normalized spacial score (nSPS) is 17.0. The zero-order chi connectivity index (χ0) is 22.2. The second-order valence-corrected chi connectivity index (χ2v) is 8.01. The number of hydrogen-bond acceptors (Lipinski definition) is 6. The van der Waals surface area contributed by atoms with Crippen molar-refractivity contribution in [3.8, 4) is 0 Å². The Labute approximate surface area is 181 Å². The zero-order valence-corrected chi connectivity index (χ0v) is 17.6.